The third-order valence-electron chi connectivity index (χ3n) is 4.37. The first-order valence-electron chi connectivity index (χ1n) is 8.66. The molecule has 5 nitrogen and oxygen atoms in total. The molecule has 1 fully saturated rings. The van der Waals surface area contributed by atoms with Gasteiger partial charge in [-0.2, -0.15) is 0 Å². The van der Waals surface area contributed by atoms with E-state index in [1.54, 1.807) is 0 Å². The lowest BCUT2D eigenvalue weighted by molar-refractivity contribution is -0.121. The van der Waals surface area contributed by atoms with Crippen LogP contribution in [0.1, 0.15) is 38.7 Å². The highest BCUT2D eigenvalue weighted by molar-refractivity contribution is 9.10. The number of benzene rings is 1. The molecule has 6 heteroatoms. The number of amides is 1. The molecule has 1 aliphatic carbocycles. The highest BCUT2D eigenvalue weighted by Crippen LogP contribution is 2.34. The zero-order valence-electron chi connectivity index (χ0n) is 14.4. The van der Waals surface area contributed by atoms with E-state index in [4.69, 9.17) is 15.2 Å². The van der Waals surface area contributed by atoms with Crippen molar-refractivity contribution in [3.8, 4) is 11.5 Å². The number of carbonyl (C=O) groups excluding carboxylic acids is 1. The molecule has 0 bridgehead atoms. The zero-order chi connectivity index (χ0) is 17.5. The van der Waals surface area contributed by atoms with Crippen molar-refractivity contribution in [2.45, 2.75) is 45.6 Å². The molecule has 1 saturated carbocycles. The molecule has 2 atom stereocenters. The number of rotatable bonds is 8. The van der Waals surface area contributed by atoms with Crippen molar-refractivity contribution in [1.29, 1.82) is 0 Å². The Balaban J connectivity index is 2.07. The van der Waals surface area contributed by atoms with E-state index in [1.165, 1.54) is 0 Å². The topological polar surface area (TPSA) is 73.6 Å². The van der Waals surface area contributed by atoms with Crippen LogP contribution >= 0.6 is 15.9 Å². The van der Waals surface area contributed by atoms with Crippen LogP contribution in [-0.2, 0) is 11.2 Å². The first kappa shape index (κ1) is 19.1. The average molecular weight is 399 g/mol. The summed E-state index contributed by atoms with van der Waals surface area (Å²) < 4.78 is 12.1. The molecule has 0 aliphatic heterocycles. The number of nitrogens with one attached hydrogen (secondary N) is 1. The molecular formula is C18H27BrN2O3. The molecule has 134 valence electrons. The van der Waals surface area contributed by atoms with Crippen LogP contribution in [0.15, 0.2) is 16.6 Å². The molecule has 1 aromatic rings. The van der Waals surface area contributed by atoms with Crippen LogP contribution < -0.4 is 20.5 Å². The molecule has 0 saturated heterocycles. The predicted molar refractivity (Wildman–Crippen MR) is 98.5 cm³/mol. The third-order valence-corrected chi connectivity index (χ3v) is 5.11. The molecule has 1 amide bonds. The van der Waals surface area contributed by atoms with Crippen LogP contribution in [-0.4, -0.2) is 31.7 Å². The number of hydrogen-bond acceptors (Lipinski definition) is 4. The smallest absolute Gasteiger partial charge is 0.224 e. The fourth-order valence-electron chi connectivity index (χ4n) is 3.19. The molecule has 0 radical (unpaired) electrons. The maximum Gasteiger partial charge on any atom is 0.224 e. The summed E-state index contributed by atoms with van der Waals surface area (Å²) in [6.07, 6.45) is 3.56. The normalized spacial score (nSPS) is 20.0. The number of ether oxygens (including phenoxy) is 2. The Labute approximate surface area is 152 Å². The lowest BCUT2D eigenvalue weighted by Gasteiger charge is -2.20. The van der Waals surface area contributed by atoms with Crippen molar-refractivity contribution < 1.29 is 14.3 Å². The second-order valence-electron chi connectivity index (χ2n) is 6.03. The monoisotopic (exact) mass is 398 g/mol. The van der Waals surface area contributed by atoms with E-state index >= 15 is 0 Å². The molecular weight excluding hydrogens is 372 g/mol. The van der Waals surface area contributed by atoms with Crippen molar-refractivity contribution >= 4 is 21.8 Å². The van der Waals surface area contributed by atoms with Gasteiger partial charge in [0.2, 0.25) is 5.91 Å². The number of halogens is 1. The van der Waals surface area contributed by atoms with Crippen LogP contribution in [0.3, 0.4) is 0 Å². The van der Waals surface area contributed by atoms with Gasteiger partial charge >= 0.3 is 0 Å². The Hall–Kier alpha value is -1.27. The summed E-state index contributed by atoms with van der Waals surface area (Å²) in [7, 11) is 0. The maximum atomic E-state index is 12.4. The number of nitrogens with two attached hydrogens (primary N) is 1. The number of hydrogen-bond donors (Lipinski definition) is 2. The molecule has 3 N–H and O–H groups in total. The minimum absolute atomic E-state index is 0.0210. The van der Waals surface area contributed by atoms with Gasteiger partial charge in [-0.1, -0.05) is 22.4 Å². The maximum absolute atomic E-state index is 12.4. The molecule has 0 heterocycles. The van der Waals surface area contributed by atoms with Gasteiger partial charge in [-0.25, -0.2) is 0 Å². The minimum atomic E-state index is 0.0210. The van der Waals surface area contributed by atoms with Crippen LogP contribution in [0.2, 0.25) is 0 Å². The molecule has 2 unspecified atom stereocenters. The van der Waals surface area contributed by atoms with Gasteiger partial charge in [-0.05, 0) is 56.8 Å². The van der Waals surface area contributed by atoms with Gasteiger partial charge in [0.25, 0.3) is 0 Å². The first-order valence-corrected chi connectivity index (χ1v) is 9.45. The molecule has 0 aromatic heterocycles. The average Bonchev–Trinajstić information content (AvgIpc) is 2.99. The predicted octanol–water partition coefficient (Wildman–Crippen LogP) is 3.03. The quantitative estimate of drug-likeness (QED) is 0.705. The van der Waals surface area contributed by atoms with Crippen molar-refractivity contribution in [3.63, 3.8) is 0 Å². The fraction of sp³-hybridized carbons (Fsp3) is 0.611. The lowest BCUT2D eigenvalue weighted by Crippen LogP contribution is -2.40. The molecule has 24 heavy (non-hydrogen) atoms. The van der Waals surface area contributed by atoms with Crippen molar-refractivity contribution in [1.82, 2.24) is 5.32 Å². The van der Waals surface area contributed by atoms with Gasteiger partial charge in [0.15, 0.2) is 11.5 Å². The Morgan fingerprint density at radius 1 is 1.25 bits per heavy atom. The molecule has 0 spiro atoms. The highest BCUT2D eigenvalue weighted by Gasteiger charge is 2.27. The van der Waals surface area contributed by atoms with Crippen LogP contribution in [0.4, 0.5) is 0 Å². The SMILES string of the molecule is CCOc1cc(Br)c(CC(=O)NC2CCCC2CN)cc1OCC. The fourth-order valence-corrected chi connectivity index (χ4v) is 3.65. The second kappa shape index (κ2) is 9.28. The third kappa shape index (κ3) is 4.86. The van der Waals surface area contributed by atoms with Crippen LogP contribution in [0.5, 0.6) is 11.5 Å². The summed E-state index contributed by atoms with van der Waals surface area (Å²) in [4.78, 5) is 12.4. The summed E-state index contributed by atoms with van der Waals surface area (Å²) >= 11 is 3.53. The largest absolute Gasteiger partial charge is 0.490 e. The lowest BCUT2D eigenvalue weighted by atomic mass is 10.0. The molecule has 1 aromatic carbocycles. The van der Waals surface area contributed by atoms with Gasteiger partial charge in [-0.15, -0.1) is 0 Å². The van der Waals surface area contributed by atoms with E-state index < -0.39 is 0 Å². The van der Waals surface area contributed by atoms with E-state index in [-0.39, 0.29) is 11.9 Å². The second-order valence-corrected chi connectivity index (χ2v) is 6.89. The zero-order valence-corrected chi connectivity index (χ0v) is 16.0. The van der Waals surface area contributed by atoms with Gasteiger partial charge in [0.1, 0.15) is 0 Å². The van der Waals surface area contributed by atoms with Gasteiger partial charge < -0.3 is 20.5 Å². The Morgan fingerprint density at radius 2 is 1.92 bits per heavy atom. The van der Waals surface area contributed by atoms with E-state index in [0.29, 0.717) is 43.6 Å². The van der Waals surface area contributed by atoms with Crippen molar-refractivity contribution in [2.75, 3.05) is 19.8 Å². The highest BCUT2D eigenvalue weighted by atomic mass is 79.9. The Kier molecular flexibility index (Phi) is 7.37. The number of carbonyl (C=O) groups is 1. The van der Waals surface area contributed by atoms with Crippen molar-refractivity contribution in [2.24, 2.45) is 11.7 Å². The van der Waals surface area contributed by atoms with E-state index in [0.717, 1.165) is 29.3 Å². The Bertz CT molecular complexity index is 565. The summed E-state index contributed by atoms with van der Waals surface area (Å²) in [5, 5.41) is 3.13. The van der Waals surface area contributed by atoms with Gasteiger partial charge in [0, 0.05) is 10.5 Å². The van der Waals surface area contributed by atoms with Crippen LogP contribution in [0, 0.1) is 5.92 Å². The van der Waals surface area contributed by atoms with E-state index in [9.17, 15) is 4.79 Å². The summed E-state index contributed by atoms with van der Waals surface area (Å²) in [6.45, 7) is 5.60. The van der Waals surface area contributed by atoms with Crippen molar-refractivity contribution in [3.05, 3.63) is 22.2 Å². The van der Waals surface area contributed by atoms with Gasteiger partial charge in [0.05, 0.1) is 19.6 Å². The van der Waals surface area contributed by atoms with Crippen LogP contribution in [0.25, 0.3) is 0 Å². The summed E-state index contributed by atoms with van der Waals surface area (Å²) in [5.41, 5.74) is 6.68. The van der Waals surface area contributed by atoms with Gasteiger partial charge in [-0.3, -0.25) is 4.79 Å². The molecule has 1 aliphatic rings. The minimum Gasteiger partial charge on any atom is -0.490 e. The molecule has 2 rings (SSSR count). The Morgan fingerprint density at radius 3 is 2.54 bits per heavy atom. The van der Waals surface area contributed by atoms with E-state index in [2.05, 4.69) is 21.2 Å². The summed E-state index contributed by atoms with van der Waals surface area (Å²) in [6, 6.07) is 3.96. The first-order chi connectivity index (χ1) is 11.6. The van der Waals surface area contributed by atoms with E-state index in [1.807, 2.05) is 26.0 Å². The summed E-state index contributed by atoms with van der Waals surface area (Å²) in [5.74, 6) is 1.78. The standard InChI is InChI=1S/C18H27BrN2O3/c1-3-23-16-8-13(14(19)10-17(16)24-4-2)9-18(22)21-15-7-5-6-12(15)11-20/h8,10,12,15H,3-7,9,11,20H2,1-2H3,(H,21,22).